The SMILES string of the molecule is CNC(c1cc(Cl)ccc1Cl)c1ncc(C)cc1C. The van der Waals surface area contributed by atoms with Crippen molar-refractivity contribution in [1.82, 2.24) is 10.3 Å². The van der Waals surface area contributed by atoms with Gasteiger partial charge in [0.15, 0.2) is 0 Å². The number of hydrogen-bond acceptors (Lipinski definition) is 2. The Morgan fingerprint density at radius 1 is 1.16 bits per heavy atom. The number of pyridine rings is 1. The summed E-state index contributed by atoms with van der Waals surface area (Å²) < 4.78 is 0. The first kappa shape index (κ1) is 14.3. The molecule has 1 heterocycles. The van der Waals surface area contributed by atoms with Crippen molar-refractivity contribution in [1.29, 1.82) is 0 Å². The second-order valence-electron chi connectivity index (χ2n) is 4.60. The second-order valence-corrected chi connectivity index (χ2v) is 5.45. The van der Waals surface area contributed by atoms with Crippen molar-refractivity contribution in [3.8, 4) is 0 Å². The summed E-state index contributed by atoms with van der Waals surface area (Å²) in [6.07, 6.45) is 1.87. The molecule has 2 rings (SSSR count). The Morgan fingerprint density at radius 3 is 2.53 bits per heavy atom. The lowest BCUT2D eigenvalue weighted by Crippen LogP contribution is -2.20. The maximum Gasteiger partial charge on any atom is 0.0766 e. The third-order valence-electron chi connectivity index (χ3n) is 3.09. The second kappa shape index (κ2) is 5.91. The maximum atomic E-state index is 6.28. The van der Waals surface area contributed by atoms with Gasteiger partial charge in [-0.3, -0.25) is 4.98 Å². The van der Waals surface area contributed by atoms with Crippen LogP contribution >= 0.6 is 23.2 Å². The van der Waals surface area contributed by atoms with E-state index in [1.54, 1.807) is 6.07 Å². The summed E-state index contributed by atoms with van der Waals surface area (Å²) in [5.74, 6) is 0. The normalized spacial score (nSPS) is 12.5. The molecule has 0 aliphatic heterocycles. The number of aromatic nitrogens is 1. The zero-order valence-corrected chi connectivity index (χ0v) is 12.7. The Bertz CT molecular complexity index is 597. The molecule has 1 N–H and O–H groups in total. The number of halogens is 2. The summed E-state index contributed by atoms with van der Waals surface area (Å²) in [5, 5.41) is 4.61. The maximum absolute atomic E-state index is 6.28. The zero-order valence-electron chi connectivity index (χ0n) is 11.2. The molecule has 1 aromatic heterocycles. The fourth-order valence-corrected chi connectivity index (χ4v) is 2.61. The number of rotatable bonds is 3. The lowest BCUT2D eigenvalue weighted by molar-refractivity contribution is 0.665. The predicted molar refractivity (Wildman–Crippen MR) is 81.1 cm³/mol. The van der Waals surface area contributed by atoms with Gasteiger partial charge in [0.2, 0.25) is 0 Å². The predicted octanol–water partition coefficient (Wildman–Crippen LogP) is 4.31. The summed E-state index contributed by atoms with van der Waals surface area (Å²) in [5.41, 5.74) is 4.19. The molecule has 0 spiro atoms. The minimum absolute atomic E-state index is 0.0631. The van der Waals surface area contributed by atoms with Crippen molar-refractivity contribution >= 4 is 23.2 Å². The van der Waals surface area contributed by atoms with Gasteiger partial charge in [-0.1, -0.05) is 29.3 Å². The van der Waals surface area contributed by atoms with Crippen LogP contribution < -0.4 is 5.32 Å². The quantitative estimate of drug-likeness (QED) is 0.912. The Kier molecular flexibility index (Phi) is 4.46. The smallest absolute Gasteiger partial charge is 0.0766 e. The molecule has 0 radical (unpaired) electrons. The summed E-state index contributed by atoms with van der Waals surface area (Å²) in [4.78, 5) is 4.53. The Labute approximate surface area is 123 Å². The van der Waals surface area contributed by atoms with Crippen molar-refractivity contribution < 1.29 is 0 Å². The van der Waals surface area contributed by atoms with Crippen LogP contribution in [-0.4, -0.2) is 12.0 Å². The number of benzene rings is 1. The molecule has 0 aliphatic carbocycles. The van der Waals surface area contributed by atoms with E-state index in [0.717, 1.165) is 22.4 Å². The first-order chi connectivity index (χ1) is 9.02. The summed E-state index contributed by atoms with van der Waals surface area (Å²) in [6.45, 7) is 4.09. The van der Waals surface area contributed by atoms with Crippen LogP contribution in [0.4, 0.5) is 0 Å². The van der Waals surface area contributed by atoms with Crippen LogP contribution in [0.1, 0.15) is 28.4 Å². The van der Waals surface area contributed by atoms with Crippen LogP contribution in [0.2, 0.25) is 10.0 Å². The van der Waals surface area contributed by atoms with Crippen LogP contribution in [0, 0.1) is 13.8 Å². The third kappa shape index (κ3) is 3.08. The van der Waals surface area contributed by atoms with Crippen molar-refractivity contribution in [3.05, 3.63) is 62.9 Å². The number of aryl methyl sites for hydroxylation is 2. The molecular formula is C15H16Cl2N2. The summed E-state index contributed by atoms with van der Waals surface area (Å²) in [6, 6.07) is 7.53. The molecule has 100 valence electrons. The topological polar surface area (TPSA) is 24.9 Å². The van der Waals surface area contributed by atoms with Crippen LogP contribution in [0.25, 0.3) is 0 Å². The Balaban J connectivity index is 2.52. The van der Waals surface area contributed by atoms with Gasteiger partial charge >= 0.3 is 0 Å². The van der Waals surface area contributed by atoms with E-state index in [4.69, 9.17) is 23.2 Å². The minimum atomic E-state index is -0.0631. The molecule has 19 heavy (non-hydrogen) atoms. The molecule has 0 aliphatic rings. The highest BCUT2D eigenvalue weighted by Crippen LogP contribution is 2.31. The largest absolute Gasteiger partial charge is 0.308 e. The van der Waals surface area contributed by atoms with E-state index < -0.39 is 0 Å². The standard InChI is InChI=1S/C15H16Cl2N2/c1-9-6-10(2)14(19-8-9)15(18-3)12-7-11(16)4-5-13(12)17/h4-8,15,18H,1-3H3. The fraction of sp³-hybridized carbons (Fsp3) is 0.267. The van der Waals surface area contributed by atoms with Gasteiger partial charge in [0, 0.05) is 16.2 Å². The van der Waals surface area contributed by atoms with E-state index in [0.29, 0.717) is 10.0 Å². The van der Waals surface area contributed by atoms with Gasteiger partial charge < -0.3 is 5.32 Å². The van der Waals surface area contributed by atoms with Gasteiger partial charge in [0.1, 0.15) is 0 Å². The first-order valence-corrected chi connectivity index (χ1v) is 6.84. The van der Waals surface area contributed by atoms with Crippen molar-refractivity contribution in [2.45, 2.75) is 19.9 Å². The molecule has 2 nitrogen and oxygen atoms in total. The van der Waals surface area contributed by atoms with Gasteiger partial charge in [-0.05, 0) is 55.8 Å². The van der Waals surface area contributed by atoms with Crippen molar-refractivity contribution in [3.63, 3.8) is 0 Å². The number of nitrogens with zero attached hydrogens (tertiary/aromatic N) is 1. The molecule has 0 amide bonds. The molecular weight excluding hydrogens is 279 g/mol. The van der Waals surface area contributed by atoms with Crippen molar-refractivity contribution in [2.75, 3.05) is 7.05 Å². The first-order valence-electron chi connectivity index (χ1n) is 6.08. The van der Waals surface area contributed by atoms with E-state index >= 15 is 0 Å². The lowest BCUT2D eigenvalue weighted by Gasteiger charge is -2.20. The van der Waals surface area contributed by atoms with Gasteiger partial charge in [-0.25, -0.2) is 0 Å². The molecule has 0 bridgehead atoms. The van der Waals surface area contributed by atoms with Gasteiger partial charge in [0.05, 0.1) is 11.7 Å². The van der Waals surface area contributed by atoms with Gasteiger partial charge in [-0.2, -0.15) is 0 Å². The van der Waals surface area contributed by atoms with Gasteiger partial charge in [-0.15, -0.1) is 0 Å². The highest BCUT2D eigenvalue weighted by atomic mass is 35.5. The molecule has 4 heteroatoms. The van der Waals surface area contributed by atoms with E-state index in [1.807, 2.05) is 32.3 Å². The lowest BCUT2D eigenvalue weighted by atomic mass is 9.99. The van der Waals surface area contributed by atoms with E-state index in [-0.39, 0.29) is 6.04 Å². The van der Waals surface area contributed by atoms with E-state index in [1.165, 1.54) is 0 Å². The van der Waals surface area contributed by atoms with Crippen LogP contribution in [-0.2, 0) is 0 Å². The van der Waals surface area contributed by atoms with E-state index in [9.17, 15) is 0 Å². The molecule has 0 saturated carbocycles. The zero-order chi connectivity index (χ0) is 14.0. The Morgan fingerprint density at radius 2 is 1.89 bits per heavy atom. The van der Waals surface area contributed by atoms with Crippen molar-refractivity contribution in [2.24, 2.45) is 0 Å². The molecule has 1 unspecified atom stereocenters. The average Bonchev–Trinajstić information content (AvgIpc) is 2.36. The fourth-order valence-electron chi connectivity index (χ4n) is 2.20. The molecule has 1 atom stereocenters. The van der Waals surface area contributed by atoms with Crippen LogP contribution in [0.3, 0.4) is 0 Å². The van der Waals surface area contributed by atoms with Crippen LogP contribution in [0.5, 0.6) is 0 Å². The minimum Gasteiger partial charge on any atom is -0.308 e. The highest BCUT2D eigenvalue weighted by Gasteiger charge is 2.18. The number of hydrogen-bond donors (Lipinski definition) is 1. The molecule has 2 aromatic rings. The average molecular weight is 295 g/mol. The summed E-state index contributed by atoms with van der Waals surface area (Å²) >= 11 is 12.3. The van der Waals surface area contributed by atoms with E-state index in [2.05, 4.69) is 23.3 Å². The molecule has 1 aromatic carbocycles. The van der Waals surface area contributed by atoms with Crippen LogP contribution in [0.15, 0.2) is 30.5 Å². The highest BCUT2D eigenvalue weighted by molar-refractivity contribution is 6.33. The third-order valence-corrected chi connectivity index (χ3v) is 3.67. The number of nitrogens with one attached hydrogen (secondary N) is 1. The monoisotopic (exact) mass is 294 g/mol. The summed E-state index contributed by atoms with van der Waals surface area (Å²) in [7, 11) is 1.89. The van der Waals surface area contributed by atoms with Gasteiger partial charge in [0.25, 0.3) is 0 Å². The Hall–Kier alpha value is -1.09. The molecule has 0 fully saturated rings. The molecule has 0 saturated heterocycles.